The van der Waals surface area contributed by atoms with Gasteiger partial charge in [-0.1, -0.05) is 146 Å². The van der Waals surface area contributed by atoms with Gasteiger partial charge in [-0.2, -0.15) is 0 Å². The van der Waals surface area contributed by atoms with Gasteiger partial charge in [0.15, 0.2) is 6.10 Å². The summed E-state index contributed by atoms with van der Waals surface area (Å²) in [6.07, 6.45) is 36.2. The Bertz CT molecular complexity index is 1080. The minimum absolute atomic E-state index is 0.0124. The molecule has 0 saturated heterocycles. The van der Waals surface area contributed by atoms with Gasteiger partial charge in [0.05, 0.1) is 33.9 Å². The molecule has 0 aromatic carbocycles. The van der Waals surface area contributed by atoms with E-state index in [2.05, 4.69) is 19.9 Å². The zero-order valence-electron chi connectivity index (χ0n) is 34.8. The van der Waals surface area contributed by atoms with Crippen molar-refractivity contribution >= 4 is 19.8 Å². The van der Waals surface area contributed by atoms with Crippen LogP contribution in [0.25, 0.3) is 0 Å². The number of carbonyl (C=O) groups excluding carboxylic acids is 2. The fourth-order valence-corrected chi connectivity index (χ4v) is 6.06. The molecule has 0 spiro atoms. The molecular formula is C43H79NO9P+. The minimum Gasteiger partial charge on any atom is -0.462 e. The van der Waals surface area contributed by atoms with E-state index in [4.69, 9.17) is 18.5 Å². The van der Waals surface area contributed by atoms with Crippen molar-refractivity contribution in [3.8, 4) is 0 Å². The molecular weight excluding hydrogens is 705 g/mol. The molecule has 0 aromatic heterocycles. The van der Waals surface area contributed by atoms with E-state index in [-0.39, 0.29) is 26.1 Å². The van der Waals surface area contributed by atoms with Gasteiger partial charge in [0.2, 0.25) is 0 Å². The SMILES string of the molecule is CCCCC/C=C\C=C/[C@@H](O)C/C=C\C/C=C/CCCC(=O)OC[C@H](COP(=O)(O)OCC[N+](C)(C)C)OC(=O)CCCCCCCCCCCCCC. The molecule has 0 amide bonds. The molecule has 0 heterocycles. The first-order valence-electron chi connectivity index (χ1n) is 21.0. The van der Waals surface area contributed by atoms with Crippen molar-refractivity contribution in [3.63, 3.8) is 0 Å². The van der Waals surface area contributed by atoms with Crippen molar-refractivity contribution in [1.82, 2.24) is 0 Å². The smallest absolute Gasteiger partial charge is 0.462 e. The number of hydrogen-bond acceptors (Lipinski definition) is 8. The van der Waals surface area contributed by atoms with Crippen LogP contribution in [0.2, 0.25) is 0 Å². The van der Waals surface area contributed by atoms with E-state index in [0.29, 0.717) is 36.7 Å². The first-order chi connectivity index (χ1) is 25.9. The molecule has 0 aliphatic heterocycles. The Labute approximate surface area is 329 Å². The summed E-state index contributed by atoms with van der Waals surface area (Å²) in [6, 6.07) is 0. The van der Waals surface area contributed by atoms with Gasteiger partial charge in [-0.05, 0) is 44.9 Å². The van der Waals surface area contributed by atoms with Crippen LogP contribution in [0.3, 0.4) is 0 Å². The van der Waals surface area contributed by atoms with Crippen molar-refractivity contribution in [2.24, 2.45) is 0 Å². The van der Waals surface area contributed by atoms with E-state index in [0.717, 1.165) is 32.1 Å². The number of aliphatic hydroxyl groups excluding tert-OH is 1. The summed E-state index contributed by atoms with van der Waals surface area (Å²) in [7, 11) is 1.41. The van der Waals surface area contributed by atoms with Crippen LogP contribution in [0.15, 0.2) is 48.6 Å². The molecule has 2 N–H and O–H groups in total. The molecule has 0 aromatic rings. The highest BCUT2D eigenvalue weighted by Gasteiger charge is 2.27. The third-order valence-electron chi connectivity index (χ3n) is 8.69. The van der Waals surface area contributed by atoms with Crippen LogP contribution in [-0.4, -0.2) is 86.1 Å². The molecule has 0 radical (unpaired) electrons. The Morgan fingerprint density at radius 1 is 0.667 bits per heavy atom. The fraction of sp³-hybridized carbons (Fsp3) is 0.767. The van der Waals surface area contributed by atoms with E-state index in [1.54, 1.807) is 6.08 Å². The van der Waals surface area contributed by atoms with E-state index >= 15 is 0 Å². The molecule has 314 valence electrons. The molecule has 0 bridgehead atoms. The molecule has 0 aliphatic carbocycles. The maximum atomic E-state index is 12.6. The summed E-state index contributed by atoms with van der Waals surface area (Å²) in [5.74, 6) is -0.907. The number of nitrogens with zero attached hydrogens (tertiary/aromatic N) is 1. The van der Waals surface area contributed by atoms with Crippen LogP contribution in [0.5, 0.6) is 0 Å². The van der Waals surface area contributed by atoms with Gasteiger partial charge < -0.3 is 24.0 Å². The lowest BCUT2D eigenvalue weighted by Gasteiger charge is -2.24. The third kappa shape index (κ3) is 38.2. The number of rotatable bonds is 37. The average Bonchev–Trinajstić information content (AvgIpc) is 3.11. The van der Waals surface area contributed by atoms with Crippen molar-refractivity contribution < 1.29 is 47.2 Å². The Hall–Kier alpha value is -2.07. The number of likely N-dealkylation sites (N-methyl/N-ethyl adjacent to an activating group) is 1. The summed E-state index contributed by atoms with van der Waals surface area (Å²) < 4.78 is 34.1. The van der Waals surface area contributed by atoms with Crippen molar-refractivity contribution in [3.05, 3.63) is 48.6 Å². The number of carbonyl (C=O) groups is 2. The first kappa shape index (κ1) is 51.9. The summed E-state index contributed by atoms with van der Waals surface area (Å²) in [6.45, 7) is 4.22. The quantitative estimate of drug-likeness (QED) is 0.0158. The first-order valence-corrected chi connectivity index (χ1v) is 22.5. The van der Waals surface area contributed by atoms with Gasteiger partial charge in [0, 0.05) is 12.8 Å². The van der Waals surface area contributed by atoms with E-state index in [1.165, 1.54) is 70.6 Å². The Kier molecular flexibility index (Phi) is 34.0. The number of esters is 2. The van der Waals surface area contributed by atoms with Gasteiger partial charge in [-0.3, -0.25) is 18.6 Å². The second-order valence-corrected chi connectivity index (χ2v) is 16.7. The van der Waals surface area contributed by atoms with E-state index < -0.39 is 38.6 Å². The molecule has 0 fully saturated rings. The maximum absolute atomic E-state index is 12.6. The number of hydrogen-bond donors (Lipinski definition) is 2. The maximum Gasteiger partial charge on any atom is 0.472 e. The monoisotopic (exact) mass is 785 g/mol. The molecule has 0 saturated carbocycles. The van der Waals surface area contributed by atoms with Crippen LogP contribution in [0, 0.1) is 0 Å². The van der Waals surface area contributed by atoms with Gasteiger partial charge in [0.1, 0.15) is 19.8 Å². The van der Waals surface area contributed by atoms with Crippen molar-refractivity contribution in [2.75, 3.05) is 47.5 Å². The topological polar surface area (TPSA) is 129 Å². The number of quaternary nitrogens is 1. The number of ether oxygens (including phenoxy) is 2. The second kappa shape index (κ2) is 35.4. The standard InChI is InChI=1S/C43H78NO9P/c1-6-8-10-12-14-15-16-17-18-22-27-31-35-43(47)53-41(39-52-54(48,49)51-37-36-44(3,4)5)38-50-42(46)34-30-26-23-19-21-25-29-33-40(45)32-28-24-20-13-11-9-7-2/h19-20,23-25,28-29,32,40-41,45H,6-18,21-22,26-27,30-31,33-39H2,1-5H3/p+1/b23-19+,24-20-,29-25-,32-28-/t40-,41-/m1/s1. The largest absolute Gasteiger partial charge is 0.472 e. The Morgan fingerprint density at radius 2 is 1.24 bits per heavy atom. The van der Waals surface area contributed by atoms with Crippen molar-refractivity contribution in [1.29, 1.82) is 0 Å². The molecule has 0 rings (SSSR count). The zero-order valence-corrected chi connectivity index (χ0v) is 35.7. The van der Waals surface area contributed by atoms with Crippen LogP contribution < -0.4 is 0 Å². The summed E-state index contributed by atoms with van der Waals surface area (Å²) in [5, 5.41) is 10.1. The van der Waals surface area contributed by atoms with Gasteiger partial charge >= 0.3 is 19.8 Å². The summed E-state index contributed by atoms with van der Waals surface area (Å²) in [5.41, 5.74) is 0. The molecule has 54 heavy (non-hydrogen) atoms. The number of unbranched alkanes of at least 4 members (excludes halogenated alkanes) is 15. The minimum atomic E-state index is -4.40. The average molecular weight is 785 g/mol. The lowest BCUT2D eigenvalue weighted by atomic mass is 10.0. The fourth-order valence-electron chi connectivity index (χ4n) is 5.32. The van der Waals surface area contributed by atoms with Crippen LogP contribution in [0.4, 0.5) is 0 Å². The van der Waals surface area contributed by atoms with E-state index in [1.807, 2.05) is 57.6 Å². The number of allylic oxidation sites excluding steroid dienone is 6. The molecule has 1 unspecified atom stereocenters. The second-order valence-electron chi connectivity index (χ2n) is 15.2. The lowest BCUT2D eigenvalue weighted by molar-refractivity contribution is -0.870. The Morgan fingerprint density at radius 3 is 1.89 bits per heavy atom. The molecule has 3 atom stereocenters. The predicted octanol–water partition coefficient (Wildman–Crippen LogP) is 10.5. The number of aliphatic hydroxyl groups is 1. The number of phosphoric ester groups is 1. The molecule has 10 nitrogen and oxygen atoms in total. The lowest BCUT2D eigenvalue weighted by Crippen LogP contribution is -2.37. The third-order valence-corrected chi connectivity index (χ3v) is 9.68. The van der Waals surface area contributed by atoms with Gasteiger partial charge in [-0.25, -0.2) is 4.57 Å². The van der Waals surface area contributed by atoms with Crippen LogP contribution >= 0.6 is 7.82 Å². The van der Waals surface area contributed by atoms with Crippen LogP contribution in [0.1, 0.15) is 155 Å². The zero-order chi connectivity index (χ0) is 40.2. The normalized spacial score (nSPS) is 14.7. The highest BCUT2D eigenvalue weighted by atomic mass is 31.2. The highest BCUT2D eigenvalue weighted by Crippen LogP contribution is 2.43. The highest BCUT2D eigenvalue weighted by molar-refractivity contribution is 7.47. The summed E-state index contributed by atoms with van der Waals surface area (Å²) >= 11 is 0. The summed E-state index contributed by atoms with van der Waals surface area (Å²) in [4.78, 5) is 35.2. The van der Waals surface area contributed by atoms with Crippen LogP contribution in [-0.2, 0) is 32.7 Å². The molecule has 11 heteroatoms. The predicted molar refractivity (Wildman–Crippen MR) is 221 cm³/mol. The molecule has 0 aliphatic rings. The van der Waals surface area contributed by atoms with Gasteiger partial charge in [0.25, 0.3) is 0 Å². The van der Waals surface area contributed by atoms with Crippen molar-refractivity contribution in [2.45, 2.75) is 167 Å². The van der Waals surface area contributed by atoms with Gasteiger partial charge in [-0.15, -0.1) is 0 Å². The van der Waals surface area contributed by atoms with E-state index in [9.17, 15) is 24.2 Å². The Balaban J connectivity index is 4.54. The number of phosphoric acid groups is 1.